The Labute approximate surface area is 163 Å². The van der Waals surface area contributed by atoms with Gasteiger partial charge in [-0.15, -0.1) is 0 Å². The van der Waals surface area contributed by atoms with Crippen LogP contribution in [0.15, 0.2) is 30.5 Å². The van der Waals surface area contributed by atoms with Crippen molar-refractivity contribution in [3.8, 4) is 0 Å². The van der Waals surface area contributed by atoms with Crippen LogP contribution in [0.3, 0.4) is 0 Å². The summed E-state index contributed by atoms with van der Waals surface area (Å²) in [7, 11) is 0. The average Bonchev–Trinajstić information content (AvgIpc) is 3.44. The van der Waals surface area contributed by atoms with Crippen LogP contribution in [-0.2, 0) is 4.79 Å². The Morgan fingerprint density at radius 2 is 1.75 bits per heavy atom. The number of nitrogens with zero attached hydrogens (tertiary/aromatic N) is 2. The highest BCUT2D eigenvalue weighted by Gasteiger charge is 2.24. The summed E-state index contributed by atoms with van der Waals surface area (Å²) < 4.78 is 0. The summed E-state index contributed by atoms with van der Waals surface area (Å²) in [5, 5.41) is 9.43. The Hall–Kier alpha value is -3.36. The molecular formula is C19H25N7O2. The fraction of sp³-hybridized carbons (Fsp3) is 0.368. The van der Waals surface area contributed by atoms with Crippen molar-refractivity contribution in [2.75, 3.05) is 16.0 Å². The van der Waals surface area contributed by atoms with Crippen LogP contribution in [-0.4, -0.2) is 33.9 Å². The molecule has 28 heavy (non-hydrogen) atoms. The predicted molar refractivity (Wildman–Crippen MR) is 108 cm³/mol. The van der Waals surface area contributed by atoms with Gasteiger partial charge in [-0.25, -0.2) is 4.98 Å². The molecule has 7 N–H and O–H groups in total. The Bertz CT molecular complexity index is 863. The standard InChI is InChI=1S/C19H25N7O2/c1-10(2)15(17(21)28)23-11-3-7-13(8-4-11)25-19-22-9-14(16(20)27)18(26-19)24-12-5-6-12/h3-4,7-10,12,15,23H,5-6H2,1-2H3,(H2,20,27)(H2,21,28)(H2,22,24,25,26)/t15-/m0/s1. The number of nitrogens with one attached hydrogen (secondary N) is 3. The first-order valence-electron chi connectivity index (χ1n) is 9.20. The maximum atomic E-state index is 11.6. The molecule has 0 saturated heterocycles. The second-order valence-corrected chi connectivity index (χ2v) is 7.21. The quantitative estimate of drug-likeness (QED) is 0.443. The normalized spacial score (nSPS) is 14.4. The molecule has 0 spiro atoms. The summed E-state index contributed by atoms with van der Waals surface area (Å²) in [6.45, 7) is 3.86. The largest absolute Gasteiger partial charge is 0.373 e. The molecule has 1 fully saturated rings. The smallest absolute Gasteiger partial charge is 0.254 e. The fourth-order valence-electron chi connectivity index (χ4n) is 2.68. The lowest BCUT2D eigenvalue weighted by Gasteiger charge is -2.20. The van der Waals surface area contributed by atoms with Crippen molar-refractivity contribution in [1.29, 1.82) is 0 Å². The number of amides is 2. The van der Waals surface area contributed by atoms with Gasteiger partial charge in [-0.1, -0.05) is 13.8 Å². The highest BCUT2D eigenvalue weighted by Crippen LogP contribution is 2.26. The van der Waals surface area contributed by atoms with E-state index in [1.165, 1.54) is 6.20 Å². The van der Waals surface area contributed by atoms with Crippen LogP contribution in [0.4, 0.5) is 23.1 Å². The number of primary amides is 2. The third kappa shape index (κ3) is 4.87. The number of aromatic nitrogens is 2. The Kier molecular flexibility index (Phi) is 5.62. The van der Waals surface area contributed by atoms with Gasteiger partial charge in [-0.2, -0.15) is 4.98 Å². The molecular weight excluding hydrogens is 358 g/mol. The number of hydrogen-bond donors (Lipinski definition) is 5. The molecule has 0 bridgehead atoms. The molecule has 3 rings (SSSR count). The van der Waals surface area contributed by atoms with Gasteiger partial charge in [0.2, 0.25) is 11.9 Å². The summed E-state index contributed by atoms with van der Waals surface area (Å²) >= 11 is 0. The minimum atomic E-state index is -0.570. The number of benzene rings is 1. The molecule has 1 atom stereocenters. The highest BCUT2D eigenvalue weighted by atomic mass is 16.1. The average molecular weight is 383 g/mol. The van der Waals surface area contributed by atoms with Crippen LogP contribution in [0.2, 0.25) is 0 Å². The second kappa shape index (κ2) is 8.12. The van der Waals surface area contributed by atoms with Gasteiger partial charge in [0.15, 0.2) is 0 Å². The predicted octanol–water partition coefficient (Wildman–Crippen LogP) is 1.82. The van der Waals surface area contributed by atoms with Crippen molar-refractivity contribution >= 4 is 35.0 Å². The molecule has 1 aromatic heterocycles. The Morgan fingerprint density at radius 1 is 1.11 bits per heavy atom. The minimum Gasteiger partial charge on any atom is -0.373 e. The first-order valence-corrected chi connectivity index (χ1v) is 9.20. The second-order valence-electron chi connectivity index (χ2n) is 7.21. The fourth-order valence-corrected chi connectivity index (χ4v) is 2.68. The molecule has 148 valence electrons. The van der Waals surface area contributed by atoms with Crippen molar-refractivity contribution in [2.45, 2.75) is 38.8 Å². The van der Waals surface area contributed by atoms with Gasteiger partial charge >= 0.3 is 0 Å². The van der Waals surface area contributed by atoms with Crippen LogP contribution in [0.5, 0.6) is 0 Å². The molecule has 0 aliphatic heterocycles. The van der Waals surface area contributed by atoms with E-state index < -0.39 is 17.9 Å². The van der Waals surface area contributed by atoms with E-state index in [4.69, 9.17) is 11.5 Å². The van der Waals surface area contributed by atoms with Crippen LogP contribution < -0.4 is 27.4 Å². The van der Waals surface area contributed by atoms with Gasteiger partial charge in [0.05, 0.1) is 5.56 Å². The van der Waals surface area contributed by atoms with Crippen molar-refractivity contribution in [2.24, 2.45) is 17.4 Å². The lowest BCUT2D eigenvalue weighted by Crippen LogP contribution is -2.39. The lowest BCUT2D eigenvalue weighted by molar-refractivity contribution is -0.119. The number of carbonyl (C=O) groups is 2. The van der Waals surface area contributed by atoms with E-state index in [-0.39, 0.29) is 11.5 Å². The van der Waals surface area contributed by atoms with Crippen LogP contribution >= 0.6 is 0 Å². The number of rotatable bonds is 9. The molecule has 0 unspecified atom stereocenters. The zero-order valence-electron chi connectivity index (χ0n) is 15.9. The van der Waals surface area contributed by atoms with Gasteiger partial charge in [0.25, 0.3) is 5.91 Å². The van der Waals surface area contributed by atoms with E-state index in [9.17, 15) is 9.59 Å². The SMILES string of the molecule is CC(C)[C@H](Nc1ccc(Nc2ncc(C(N)=O)c(NC3CC3)n2)cc1)C(N)=O. The molecule has 1 aromatic carbocycles. The van der Waals surface area contributed by atoms with Crippen molar-refractivity contribution in [3.05, 3.63) is 36.0 Å². The van der Waals surface area contributed by atoms with Gasteiger partial charge in [-0.05, 0) is 43.0 Å². The summed E-state index contributed by atoms with van der Waals surface area (Å²) in [5.74, 6) is -0.0990. The first kappa shape index (κ1) is 19.4. The zero-order valence-corrected chi connectivity index (χ0v) is 15.9. The molecule has 2 aromatic rings. The van der Waals surface area contributed by atoms with Crippen molar-refractivity contribution in [3.63, 3.8) is 0 Å². The van der Waals surface area contributed by atoms with E-state index in [1.807, 2.05) is 38.1 Å². The molecule has 1 saturated carbocycles. The topological polar surface area (TPSA) is 148 Å². The van der Waals surface area contributed by atoms with E-state index >= 15 is 0 Å². The third-order valence-electron chi connectivity index (χ3n) is 4.41. The summed E-state index contributed by atoms with van der Waals surface area (Å²) in [5.41, 5.74) is 12.6. The lowest BCUT2D eigenvalue weighted by atomic mass is 10.0. The Morgan fingerprint density at radius 3 is 2.29 bits per heavy atom. The van der Waals surface area contributed by atoms with Gasteiger partial charge in [0.1, 0.15) is 11.9 Å². The number of hydrogen-bond acceptors (Lipinski definition) is 7. The van der Waals surface area contributed by atoms with Crippen molar-refractivity contribution in [1.82, 2.24) is 9.97 Å². The molecule has 1 aliphatic rings. The van der Waals surface area contributed by atoms with Crippen molar-refractivity contribution < 1.29 is 9.59 Å². The minimum absolute atomic E-state index is 0.0739. The maximum Gasteiger partial charge on any atom is 0.254 e. The number of carbonyl (C=O) groups excluding carboxylic acids is 2. The van der Waals surface area contributed by atoms with E-state index in [2.05, 4.69) is 25.9 Å². The molecule has 9 nitrogen and oxygen atoms in total. The van der Waals surface area contributed by atoms with Gasteiger partial charge in [0, 0.05) is 23.6 Å². The summed E-state index contributed by atoms with van der Waals surface area (Å²) in [6, 6.07) is 7.22. The van der Waals surface area contributed by atoms with E-state index in [0.717, 1.165) is 24.2 Å². The number of nitrogens with two attached hydrogens (primary N) is 2. The van der Waals surface area contributed by atoms with Crippen LogP contribution in [0.1, 0.15) is 37.0 Å². The first-order chi connectivity index (χ1) is 13.3. The third-order valence-corrected chi connectivity index (χ3v) is 4.41. The molecule has 0 radical (unpaired) electrons. The number of anilines is 4. The molecule has 9 heteroatoms. The Balaban J connectivity index is 1.71. The maximum absolute atomic E-state index is 11.6. The van der Waals surface area contributed by atoms with E-state index in [1.54, 1.807) is 0 Å². The molecule has 1 aliphatic carbocycles. The van der Waals surface area contributed by atoms with Crippen LogP contribution in [0.25, 0.3) is 0 Å². The highest BCUT2D eigenvalue weighted by molar-refractivity contribution is 5.97. The summed E-state index contributed by atoms with van der Waals surface area (Å²) in [6.07, 6.45) is 3.50. The van der Waals surface area contributed by atoms with Gasteiger partial charge < -0.3 is 27.4 Å². The molecule has 1 heterocycles. The monoisotopic (exact) mass is 383 g/mol. The molecule has 2 amide bonds. The summed E-state index contributed by atoms with van der Waals surface area (Å²) in [4.78, 5) is 31.6. The zero-order chi connectivity index (χ0) is 20.3. The van der Waals surface area contributed by atoms with Crippen LogP contribution in [0, 0.1) is 5.92 Å². The van der Waals surface area contributed by atoms with Gasteiger partial charge in [-0.3, -0.25) is 9.59 Å². The van der Waals surface area contributed by atoms with E-state index in [0.29, 0.717) is 17.8 Å².